The van der Waals surface area contributed by atoms with Gasteiger partial charge in [-0.05, 0) is 45.6 Å². The first-order valence-electron chi connectivity index (χ1n) is 12.9. The summed E-state index contributed by atoms with van der Waals surface area (Å²) in [6, 6.07) is 5.65. The molecule has 1 unspecified atom stereocenters. The van der Waals surface area contributed by atoms with Crippen LogP contribution in [0.4, 0.5) is 14.6 Å². The largest absolute Gasteiger partial charge is 0.489 e. The molecule has 5 rings (SSSR count). The number of carbonyl (C=O) groups excluding carboxylic acids is 2. The van der Waals surface area contributed by atoms with E-state index in [1.807, 2.05) is 19.0 Å². The lowest BCUT2D eigenvalue weighted by atomic mass is 9.98. The Balaban J connectivity index is 1.69. The Morgan fingerprint density at radius 2 is 2.05 bits per heavy atom. The number of fused-ring (bicyclic) bond motifs is 2. The maximum atomic E-state index is 15.0. The molecule has 3 aliphatic rings. The van der Waals surface area contributed by atoms with E-state index < -0.39 is 24.1 Å². The molecule has 3 aliphatic heterocycles. The van der Waals surface area contributed by atoms with E-state index in [1.165, 1.54) is 12.1 Å². The van der Waals surface area contributed by atoms with Crippen LogP contribution in [0, 0.1) is 5.82 Å². The van der Waals surface area contributed by atoms with E-state index in [4.69, 9.17) is 21.3 Å². The molecule has 8 nitrogen and oxygen atoms in total. The Bertz CT molecular complexity index is 1320. The van der Waals surface area contributed by atoms with Crippen molar-refractivity contribution in [1.82, 2.24) is 19.7 Å². The Morgan fingerprint density at radius 3 is 2.72 bits per heavy atom. The average molecular weight is 560 g/mol. The second-order valence-corrected chi connectivity index (χ2v) is 11.2. The quantitative estimate of drug-likeness (QED) is 0.521. The fourth-order valence-electron chi connectivity index (χ4n) is 5.73. The summed E-state index contributed by atoms with van der Waals surface area (Å²) >= 11 is 6.83. The first-order chi connectivity index (χ1) is 18.6. The lowest BCUT2D eigenvalue weighted by molar-refractivity contribution is -0.128. The number of halogens is 3. The number of piperazine rings is 1. The molecule has 208 valence electrons. The van der Waals surface area contributed by atoms with Crippen LogP contribution in [0.3, 0.4) is 0 Å². The number of rotatable bonds is 5. The molecule has 2 amide bonds. The molecule has 2 fully saturated rings. The van der Waals surface area contributed by atoms with Gasteiger partial charge in [-0.1, -0.05) is 30.3 Å². The van der Waals surface area contributed by atoms with Crippen molar-refractivity contribution in [2.75, 3.05) is 58.5 Å². The van der Waals surface area contributed by atoms with Gasteiger partial charge in [0, 0.05) is 37.8 Å². The van der Waals surface area contributed by atoms with Crippen LogP contribution in [0.15, 0.2) is 36.9 Å². The molecule has 0 saturated carbocycles. The summed E-state index contributed by atoms with van der Waals surface area (Å²) in [6.45, 7) is 6.03. The third kappa shape index (κ3) is 4.63. The maximum Gasteiger partial charge on any atom is 0.261 e. The van der Waals surface area contributed by atoms with Crippen LogP contribution in [0.5, 0.6) is 5.75 Å². The number of alkyl halides is 1. The van der Waals surface area contributed by atoms with Gasteiger partial charge in [0.05, 0.1) is 17.3 Å². The second-order valence-electron chi connectivity index (χ2n) is 10.8. The monoisotopic (exact) mass is 559 g/mol. The lowest BCUT2D eigenvalue weighted by Crippen LogP contribution is -2.57. The molecule has 0 bridgehead atoms. The van der Waals surface area contributed by atoms with Crippen LogP contribution in [-0.2, 0) is 4.79 Å². The number of pyridine rings is 1. The van der Waals surface area contributed by atoms with E-state index >= 15 is 0 Å². The van der Waals surface area contributed by atoms with Crippen molar-refractivity contribution in [2.45, 2.75) is 31.0 Å². The Morgan fingerprint density at radius 1 is 1.31 bits per heavy atom. The SMILES string of the molecule is C=CC(=O)N1CCN2C(=O)c3c(N4C[C@H](N(C)C)CC4(C)CF)nc(-c4ccccc4F)c(Cl)c3OC[C@H]2C1. The van der Waals surface area contributed by atoms with Crippen molar-refractivity contribution >= 4 is 29.2 Å². The fraction of sp³-hybridized carbons (Fsp3) is 0.464. The van der Waals surface area contributed by atoms with Gasteiger partial charge in [0.15, 0.2) is 5.75 Å². The topological polar surface area (TPSA) is 69.2 Å². The zero-order valence-electron chi connectivity index (χ0n) is 22.3. The summed E-state index contributed by atoms with van der Waals surface area (Å²) in [4.78, 5) is 38.4. The van der Waals surface area contributed by atoms with Crippen molar-refractivity contribution in [3.8, 4) is 17.0 Å². The molecule has 39 heavy (non-hydrogen) atoms. The van der Waals surface area contributed by atoms with Crippen LogP contribution >= 0.6 is 11.6 Å². The Labute approximate surface area is 231 Å². The Kier molecular flexibility index (Phi) is 7.28. The van der Waals surface area contributed by atoms with Gasteiger partial charge in [-0.2, -0.15) is 0 Å². The van der Waals surface area contributed by atoms with E-state index in [0.29, 0.717) is 19.5 Å². The minimum atomic E-state index is -0.961. The third-order valence-electron chi connectivity index (χ3n) is 8.06. The molecule has 4 heterocycles. The summed E-state index contributed by atoms with van der Waals surface area (Å²) < 4.78 is 35.9. The maximum absolute atomic E-state index is 15.0. The zero-order valence-corrected chi connectivity index (χ0v) is 23.0. The molecular weight excluding hydrogens is 528 g/mol. The summed E-state index contributed by atoms with van der Waals surface area (Å²) in [5.41, 5.74) is -0.561. The molecular formula is C28H32ClF2N5O3. The normalized spacial score (nSPS) is 24.8. The molecule has 0 aliphatic carbocycles. The molecule has 0 N–H and O–H groups in total. The van der Waals surface area contributed by atoms with Gasteiger partial charge in [0.25, 0.3) is 5.91 Å². The predicted octanol–water partition coefficient (Wildman–Crippen LogP) is 3.64. The van der Waals surface area contributed by atoms with Gasteiger partial charge >= 0.3 is 0 Å². The number of hydrogen-bond donors (Lipinski definition) is 0. The van der Waals surface area contributed by atoms with Crippen LogP contribution in [0.25, 0.3) is 11.3 Å². The predicted molar refractivity (Wildman–Crippen MR) is 146 cm³/mol. The summed E-state index contributed by atoms with van der Waals surface area (Å²) in [7, 11) is 3.85. The third-order valence-corrected chi connectivity index (χ3v) is 8.41. The molecule has 3 atom stereocenters. The van der Waals surface area contributed by atoms with Crippen molar-refractivity contribution in [3.63, 3.8) is 0 Å². The highest BCUT2D eigenvalue weighted by Gasteiger charge is 2.48. The molecule has 1 aromatic heterocycles. The molecule has 1 aromatic carbocycles. The van der Waals surface area contributed by atoms with E-state index in [-0.39, 0.29) is 71.0 Å². The van der Waals surface area contributed by atoms with Gasteiger partial charge in [-0.25, -0.2) is 13.8 Å². The standard InChI is InChI=1S/C28H32ClF2N5O3/c1-5-21(37)34-10-11-35-18(13-34)15-39-25-22(27(35)38)26(36-14-17(33(3)4)12-28(36,2)16-30)32-24(23(25)29)19-8-6-7-9-20(19)31/h5-9,17-18H,1,10-16H2,2-4H3/t17-,18-,28?/m1/s1. The van der Waals surface area contributed by atoms with Crippen LogP contribution in [0.1, 0.15) is 23.7 Å². The van der Waals surface area contributed by atoms with E-state index in [1.54, 1.807) is 39.8 Å². The van der Waals surface area contributed by atoms with Crippen molar-refractivity contribution in [3.05, 3.63) is 53.3 Å². The van der Waals surface area contributed by atoms with Gasteiger partial charge in [0.1, 0.15) is 35.5 Å². The average Bonchev–Trinajstić information content (AvgIpc) is 3.22. The number of anilines is 1. The highest BCUT2D eigenvalue weighted by molar-refractivity contribution is 6.35. The minimum Gasteiger partial charge on any atom is -0.489 e. The van der Waals surface area contributed by atoms with E-state index in [2.05, 4.69) is 6.58 Å². The van der Waals surface area contributed by atoms with Crippen molar-refractivity contribution in [2.24, 2.45) is 0 Å². The highest BCUT2D eigenvalue weighted by atomic mass is 35.5. The zero-order chi connectivity index (χ0) is 28.1. The number of amides is 2. The van der Waals surface area contributed by atoms with E-state index in [9.17, 15) is 18.4 Å². The summed E-state index contributed by atoms with van der Waals surface area (Å²) in [5, 5.41) is 0.0105. The highest BCUT2D eigenvalue weighted by Crippen LogP contribution is 2.47. The fourth-order valence-corrected chi connectivity index (χ4v) is 6.02. The van der Waals surface area contributed by atoms with Crippen LogP contribution in [0.2, 0.25) is 5.02 Å². The number of aromatic nitrogens is 1. The van der Waals surface area contributed by atoms with Crippen LogP contribution in [-0.4, -0.2) is 103 Å². The minimum absolute atomic E-state index is 0.00111. The summed E-state index contributed by atoms with van der Waals surface area (Å²) in [5.74, 6) is -0.814. The smallest absolute Gasteiger partial charge is 0.261 e. The van der Waals surface area contributed by atoms with Gasteiger partial charge in [-0.15, -0.1) is 0 Å². The van der Waals surface area contributed by atoms with Gasteiger partial charge in [0.2, 0.25) is 5.91 Å². The number of hydrogen-bond acceptors (Lipinski definition) is 6. The number of benzene rings is 1. The lowest BCUT2D eigenvalue weighted by Gasteiger charge is -2.40. The number of carbonyl (C=O) groups is 2. The molecule has 11 heteroatoms. The van der Waals surface area contributed by atoms with E-state index in [0.717, 1.165) is 0 Å². The first kappa shape index (κ1) is 27.3. The molecule has 2 saturated heterocycles. The number of ether oxygens (including phenoxy) is 1. The molecule has 0 radical (unpaired) electrons. The number of nitrogens with zero attached hydrogens (tertiary/aromatic N) is 5. The summed E-state index contributed by atoms with van der Waals surface area (Å²) in [6.07, 6.45) is 1.75. The van der Waals surface area contributed by atoms with Crippen LogP contribution < -0.4 is 9.64 Å². The first-order valence-corrected chi connectivity index (χ1v) is 13.3. The van der Waals surface area contributed by atoms with Gasteiger partial charge < -0.3 is 24.3 Å². The van der Waals surface area contributed by atoms with Gasteiger partial charge in [-0.3, -0.25) is 9.59 Å². The second kappa shape index (κ2) is 10.4. The Hall–Kier alpha value is -3.24. The molecule has 2 aromatic rings. The number of likely N-dealkylation sites (N-methyl/N-ethyl adjacent to an activating group) is 1. The van der Waals surface area contributed by atoms with Crippen molar-refractivity contribution < 1.29 is 23.1 Å². The molecule has 0 spiro atoms. The van der Waals surface area contributed by atoms with Crippen molar-refractivity contribution in [1.29, 1.82) is 0 Å².